The Morgan fingerprint density at radius 3 is 2.37 bits per heavy atom. The molecule has 1 aliphatic heterocycles. The molecule has 0 radical (unpaired) electrons. The zero-order chi connectivity index (χ0) is 48.3. The molecule has 0 unspecified atom stereocenters. The van der Waals surface area contributed by atoms with Gasteiger partial charge in [0.2, 0.25) is 11.8 Å². The molecule has 2 amide bonds. The van der Waals surface area contributed by atoms with E-state index in [9.17, 15) is 24.3 Å². The Hall–Kier alpha value is -5.64. The number of nitrogens with zero attached hydrogens (tertiary/aromatic N) is 5. The average molecular weight is 955 g/mol. The highest BCUT2D eigenvalue weighted by Crippen LogP contribution is 2.32. The van der Waals surface area contributed by atoms with E-state index in [-0.39, 0.29) is 56.6 Å². The monoisotopic (exact) mass is 953 g/mol. The van der Waals surface area contributed by atoms with Crippen LogP contribution >= 0.6 is 23.2 Å². The summed E-state index contributed by atoms with van der Waals surface area (Å²) in [5, 5.41) is 17.5. The van der Waals surface area contributed by atoms with Crippen LogP contribution in [0.15, 0.2) is 91.1 Å². The molecule has 0 spiro atoms. The fourth-order valence-corrected chi connectivity index (χ4v) is 8.90. The van der Waals surface area contributed by atoms with Crippen LogP contribution in [0.1, 0.15) is 60.9 Å². The quantitative estimate of drug-likeness (QED) is 0.0622. The highest BCUT2D eigenvalue weighted by Gasteiger charge is 2.42. The third-order valence-corrected chi connectivity index (χ3v) is 12.6. The summed E-state index contributed by atoms with van der Waals surface area (Å²) in [6.07, 6.45) is 3.02. The number of carboxylic acid groups (broad SMARTS) is 1. The van der Waals surface area contributed by atoms with Gasteiger partial charge in [0.15, 0.2) is 0 Å². The summed E-state index contributed by atoms with van der Waals surface area (Å²) in [7, 11) is 7.50. The topological polar surface area (TPSA) is 168 Å². The van der Waals surface area contributed by atoms with Crippen molar-refractivity contribution < 1.29 is 33.8 Å². The highest BCUT2D eigenvalue weighted by molar-refractivity contribution is 6.31. The molecule has 3 N–H and O–H groups in total. The Morgan fingerprint density at radius 1 is 0.955 bits per heavy atom. The molecule has 0 aliphatic carbocycles. The lowest BCUT2D eigenvalue weighted by Crippen LogP contribution is -2.62. The van der Waals surface area contributed by atoms with E-state index in [4.69, 9.17) is 32.7 Å². The number of ether oxygens (including phenoxy) is 2. The standard InChI is InChI=1S/C51H61Cl2N7O7/c1-33-9-7-10-42(56-33)23-38(25-48(62)63)50(65)60-22-8-21-51(32-60,27-35-11-16-40(52)17-12-35)57-49(64)39(31-66-6)24-45(61)34(2)54-28-37-13-18-41(53)26-46(37)67-43-19-14-36(15-20-43)44-29-55-47(59(44)5)30-58(3)4/h7,9-20,26,29,34,38-39,54H,8,21-25,27-28,30-32H2,1-6H3,(H,57,64)(H,62,63)/t34-,38+,39-,51+/m0/s1. The van der Waals surface area contributed by atoms with E-state index < -0.39 is 29.4 Å². The maximum Gasteiger partial charge on any atom is 0.304 e. The second-order valence-corrected chi connectivity index (χ2v) is 18.7. The number of ketones is 1. The second kappa shape index (κ2) is 23.4. The van der Waals surface area contributed by atoms with Crippen LogP contribution in [0.4, 0.5) is 0 Å². The van der Waals surface area contributed by atoms with Gasteiger partial charge in [0, 0.05) is 79.2 Å². The molecule has 0 saturated carbocycles. The van der Waals surface area contributed by atoms with Gasteiger partial charge in [0.05, 0.1) is 54.9 Å². The molecule has 1 aliphatic rings. The second-order valence-electron chi connectivity index (χ2n) is 17.9. The van der Waals surface area contributed by atoms with Crippen LogP contribution in [-0.4, -0.2) is 105 Å². The van der Waals surface area contributed by atoms with Gasteiger partial charge in [0.1, 0.15) is 23.1 Å². The number of halogens is 2. The van der Waals surface area contributed by atoms with Gasteiger partial charge < -0.3 is 39.6 Å². The highest BCUT2D eigenvalue weighted by atomic mass is 35.5. The van der Waals surface area contributed by atoms with E-state index in [2.05, 4.69) is 30.1 Å². The van der Waals surface area contributed by atoms with Gasteiger partial charge in [-0.1, -0.05) is 47.5 Å². The Morgan fingerprint density at radius 2 is 1.69 bits per heavy atom. The van der Waals surface area contributed by atoms with Crippen LogP contribution in [0, 0.1) is 18.8 Å². The molecule has 4 atom stereocenters. The van der Waals surface area contributed by atoms with E-state index >= 15 is 0 Å². The van der Waals surface area contributed by atoms with Crippen molar-refractivity contribution in [3.63, 3.8) is 0 Å². The molecule has 14 nitrogen and oxygen atoms in total. The van der Waals surface area contributed by atoms with Gasteiger partial charge in [-0.2, -0.15) is 0 Å². The molecule has 3 heterocycles. The van der Waals surface area contributed by atoms with E-state index in [1.165, 1.54) is 7.11 Å². The first-order valence-electron chi connectivity index (χ1n) is 22.5. The lowest BCUT2D eigenvalue weighted by molar-refractivity contribution is -0.146. The molecule has 5 aromatic rings. The first kappa shape index (κ1) is 50.8. The Labute approximate surface area is 403 Å². The van der Waals surface area contributed by atoms with Crippen molar-refractivity contribution >= 4 is 46.8 Å². The SMILES string of the molecule is COC[C@H](CC(=O)[C@H](C)NCc1ccc(Cl)cc1Oc1ccc(-c2cnc(CN(C)C)n2C)cc1)C(=O)N[C@@]1(Cc2ccc(Cl)cc2)CCCN(C(=O)[C@@H](CC(=O)O)Cc2cccc(C)n2)C1. The summed E-state index contributed by atoms with van der Waals surface area (Å²) in [6, 6.07) is 25.2. The van der Waals surface area contributed by atoms with Crippen molar-refractivity contribution in [3.8, 4) is 22.8 Å². The number of piperidine rings is 1. The lowest BCUT2D eigenvalue weighted by Gasteiger charge is -2.45. The number of aryl methyl sites for hydroxylation is 1. The number of hydrogen-bond donors (Lipinski definition) is 3. The van der Waals surface area contributed by atoms with E-state index in [0.717, 1.165) is 40.4 Å². The summed E-state index contributed by atoms with van der Waals surface area (Å²) in [5.41, 5.74) is 4.12. The molecule has 0 bridgehead atoms. The Kier molecular flexibility index (Phi) is 17.7. The molecule has 16 heteroatoms. The van der Waals surface area contributed by atoms with Crippen molar-refractivity contribution in [2.24, 2.45) is 18.9 Å². The minimum absolute atomic E-state index is 0.0139. The van der Waals surface area contributed by atoms with Crippen LogP contribution in [-0.2, 0) is 56.9 Å². The predicted molar refractivity (Wildman–Crippen MR) is 259 cm³/mol. The van der Waals surface area contributed by atoms with Crippen molar-refractivity contribution in [2.75, 3.05) is 40.9 Å². The number of amides is 2. The number of carboxylic acids is 1. The number of methoxy groups -OCH3 is 1. The average Bonchev–Trinajstić information content (AvgIpc) is 3.64. The van der Waals surface area contributed by atoms with Crippen molar-refractivity contribution in [3.05, 3.63) is 130 Å². The van der Waals surface area contributed by atoms with Crippen LogP contribution in [0.2, 0.25) is 10.0 Å². The summed E-state index contributed by atoms with van der Waals surface area (Å²) in [6.45, 7) is 5.13. The molecule has 67 heavy (non-hydrogen) atoms. The maximum atomic E-state index is 14.4. The summed E-state index contributed by atoms with van der Waals surface area (Å²) in [4.78, 5) is 67.5. The minimum Gasteiger partial charge on any atom is -0.481 e. The number of benzene rings is 3. The lowest BCUT2D eigenvalue weighted by atomic mass is 9.81. The molecular weight excluding hydrogens is 894 g/mol. The smallest absolute Gasteiger partial charge is 0.304 e. The number of aromatic nitrogens is 3. The van der Waals surface area contributed by atoms with Crippen LogP contribution in [0.3, 0.4) is 0 Å². The number of carbonyl (C=O) groups is 4. The summed E-state index contributed by atoms with van der Waals surface area (Å²) in [5.74, 6) is -1.57. The number of likely N-dealkylation sites (tertiary alicyclic amines) is 1. The summed E-state index contributed by atoms with van der Waals surface area (Å²) >= 11 is 12.7. The van der Waals surface area contributed by atoms with Crippen molar-refractivity contribution in [2.45, 2.75) is 77.0 Å². The number of carbonyl (C=O) groups excluding carboxylic acids is 3. The zero-order valence-corrected chi connectivity index (χ0v) is 40.6. The Balaban J connectivity index is 1.13. The van der Waals surface area contributed by atoms with E-state index in [1.54, 1.807) is 42.2 Å². The third-order valence-electron chi connectivity index (χ3n) is 12.1. The summed E-state index contributed by atoms with van der Waals surface area (Å²) < 4.78 is 13.9. The van der Waals surface area contributed by atoms with Gasteiger partial charge >= 0.3 is 5.97 Å². The van der Waals surface area contributed by atoms with Gasteiger partial charge in [0.25, 0.3) is 0 Å². The predicted octanol–water partition coefficient (Wildman–Crippen LogP) is 7.70. The molecule has 6 rings (SSSR count). The van der Waals surface area contributed by atoms with Crippen LogP contribution in [0.25, 0.3) is 11.3 Å². The maximum absolute atomic E-state index is 14.4. The largest absolute Gasteiger partial charge is 0.481 e. The van der Waals surface area contributed by atoms with Crippen molar-refractivity contribution in [1.82, 2.24) is 35.0 Å². The van der Waals surface area contributed by atoms with Gasteiger partial charge in [-0.05, 0) is 113 Å². The van der Waals surface area contributed by atoms with Crippen molar-refractivity contribution in [1.29, 1.82) is 0 Å². The molecular formula is C51H61Cl2N7O7. The first-order valence-corrected chi connectivity index (χ1v) is 23.2. The number of rotatable bonds is 22. The number of hydrogen-bond acceptors (Lipinski definition) is 10. The molecule has 1 saturated heterocycles. The molecule has 2 aromatic heterocycles. The Bertz CT molecular complexity index is 2500. The molecule has 3 aromatic carbocycles. The van der Waals surface area contributed by atoms with Gasteiger partial charge in [-0.25, -0.2) is 4.98 Å². The van der Waals surface area contributed by atoms with Gasteiger partial charge in [-0.15, -0.1) is 0 Å². The fourth-order valence-electron chi connectivity index (χ4n) is 8.61. The van der Waals surface area contributed by atoms with Crippen LogP contribution < -0.4 is 15.4 Å². The number of imidazole rings is 1. The van der Waals surface area contributed by atoms with Crippen LogP contribution in [0.5, 0.6) is 11.5 Å². The minimum atomic E-state index is -1.08. The number of Topliss-reactive ketones (excluding diaryl/α,β-unsaturated/α-hetero) is 1. The van der Waals surface area contributed by atoms with E-state index in [0.29, 0.717) is 53.0 Å². The first-order chi connectivity index (χ1) is 32.0. The molecule has 356 valence electrons. The number of aliphatic carboxylic acids is 1. The third kappa shape index (κ3) is 14.2. The zero-order valence-electron chi connectivity index (χ0n) is 39.1. The fraction of sp³-hybridized carbons (Fsp3) is 0.412. The molecule has 1 fully saturated rings. The van der Waals surface area contributed by atoms with E-state index in [1.807, 2.05) is 88.9 Å². The normalized spacial score (nSPS) is 16.3. The number of pyridine rings is 1. The number of nitrogens with one attached hydrogen (secondary N) is 2. The van der Waals surface area contributed by atoms with Gasteiger partial charge in [-0.3, -0.25) is 24.2 Å².